The van der Waals surface area contributed by atoms with Crippen molar-refractivity contribution in [3.8, 4) is 22.9 Å². The summed E-state index contributed by atoms with van der Waals surface area (Å²) in [5.74, 6) is 0.718. The molecule has 0 aliphatic carbocycles. The van der Waals surface area contributed by atoms with Gasteiger partial charge in [-0.1, -0.05) is 48.5 Å². The molecule has 5 nitrogen and oxygen atoms in total. The summed E-state index contributed by atoms with van der Waals surface area (Å²) in [6, 6.07) is 24.6. The van der Waals surface area contributed by atoms with Crippen LogP contribution in [-0.4, -0.2) is 4.98 Å². The summed E-state index contributed by atoms with van der Waals surface area (Å²) in [7, 11) is 0. The van der Waals surface area contributed by atoms with Crippen molar-refractivity contribution in [2.45, 2.75) is 26.6 Å². The summed E-state index contributed by atoms with van der Waals surface area (Å²) >= 11 is 3.80. The molecule has 170 valence electrons. The van der Waals surface area contributed by atoms with E-state index in [4.69, 9.17) is 15.7 Å². The number of hydrogen-bond acceptors (Lipinski definition) is 5. The third-order valence-electron chi connectivity index (χ3n) is 5.58. The molecule has 0 atom stereocenters. The fourth-order valence-electron chi connectivity index (χ4n) is 3.77. The number of nitrogens with one attached hydrogen (secondary N) is 1. The Morgan fingerprint density at radius 1 is 1.03 bits per heavy atom. The molecule has 0 spiro atoms. The number of benzene rings is 3. The van der Waals surface area contributed by atoms with Crippen LogP contribution >= 0.6 is 15.9 Å². The van der Waals surface area contributed by atoms with Crippen molar-refractivity contribution in [2.24, 2.45) is 5.73 Å². The van der Waals surface area contributed by atoms with Crippen molar-refractivity contribution in [1.29, 1.82) is 5.26 Å². The van der Waals surface area contributed by atoms with Gasteiger partial charge in [0.05, 0.1) is 5.56 Å². The van der Waals surface area contributed by atoms with Crippen molar-refractivity contribution in [1.82, 2.24) is 4.98 Å². The summed E-state index contributed by atoms with van der Waals surface area (Å²) in [4.78, 5) is 4.10. The molecule has 0 unspecified atom stereocenters. The van der Waals surface area contributed by atoms with Crippen LogP contribution in [0.3, 0.4) is 0 Å². The Morgan fingerprint density at radius 2 is 1.85 bits per heavy atom. The maximum Gasteiger partial charge on any atom is 0.126 e. The van der Waals surface area contributed by atoms with E-state index in [1.807, 2.05) is 24.3 Å². The lowest BCUT2D eigenvalue weighted by molar-refractivity contribution is 0.302. The van der Waals surface area contributed by atoms with Crippen LogP contribution in [0.1, 0.15) is 27.8 Å². The molecule has 0 bridgehead atoms. The van der Waals surface area contributed by atoms with Crippen LogP contribution in [0, 0.1) is 18.3 Å². The third-order valence-corrected chi connectivity index (χ3v) is 6.51. The minimum atomic E-state index is 0.308. The Kier molecular flexibility index (Phi) is 7.58. The Bertz CT molecular complexity index is 1330. The van der Waals surface area contributed by atoms with Gasteiger partial charge in [0.2, 0.25) is 0 Å². The van der Waals surface area contributed by atoms with Gasteiger partial charge in [0.1, 0.15) is 18.4 Å². The molecule has 0 amide bonds. The molecule has 34 heavy (non-hydrogen) atoms. The number of halogens is 1. The van der Waals surface area contributed by atoms with Gasteiger partial charge in [-0.15, -0.1) is 0 Å². The molecule has 0 aliphatic heterocycles. The second kappa shape index (κ2) is 11.0. The zero-order valence-electron chi connectivity index (χ0n) is 18.9. The number of rotatable bonds is 8. The Hall–Kier alpha value is -3.66. The highest BCUT2D eigenvalue weighted by Gasteiger charge is 2.11. The summed E-state index contributed by atoms with van der Waals surface area (Å²) < 4.78 is 7.16. The number of nitrogens with zero attached hydrogens (tertiary/aromatic N) is 2. The molecule has 6 heteroatoms. The van der Waals surface area contributed by atoms with Crippen LogP contribution in [-0.2, 0) is 19.7 Å². The van der Waals surface area contributed by atoms with Gasteiger partial charge in [0, 0.05) is 52.8 Å². The normalized spacial score (nSPS) is 10.5. The van der Waals surface area contributed by atoms with Gasteiger partial charge < -0.3 is 15.8 Å². The molecule has 0 radical (unpaired) electrons. The van der Waals surface area contributed by atoms with Gasteiger partial charge in [0.15, 0.2) is 0 Å². The van der Waals surface area contributed by atoms with Gasteiger partial charge in [-0.2, -0.15) is 5.26 Å². The monoisotopic (exact) mass is 512 g/mol. The molecule has 1 aromatic heterocycles. The third kappa shape index (κ3) is 5.45. The minimum Gasteiger partial charge on any atom is -0.488 e. The lowest BCUT2D eigenvalue weighted by Gasteiger charge is -2.17. The second-order valence-corrected chi connectivity index (χ2v) is 8.75. The van der Waals surface area contributed by atoms with Gasteiger partial charge in [-0.25, -0.2) is 0 Å². The lowest BCUT2D eigenvalue weighted by Crippen LogP contribution is -2.07. The Labute approximate surface area is 208 Å². The van der Waals surface area contributed by atoms with Crippen molar-refractivity contribution in [3.05, 3.63) is 111 Å². The number of hydrogen-bond donors (Lipinski definition) is 2. The molecule has 3 N–H and O–H groups in total. The van der Waals surface area contributed by atoms with Crippen molar-refractivity contribution in [2.75, 3.05) is 5.32 Å². The quantitative estimate of drug-likeness (QED) is 0.287. The molecule has 4 aromatic rings. The first-order chi connectivity index (χ1) is 16.6. The number of nitriles is 1. The number of aromatic nitrogens is 1. The molecule has 0 saturated heterocycles. The molecule has 1 heterocycles. The van der Waals surface area contributed by atoms with Crippen LogP contribution in [0.25, 0.3) is 11.1 Å². The number of aryl methyl sites for hydroxylation is 1. The fraction of sp³-hybridized carbons (Fsp3) is 0.143. The predicted molar refractivity (Wildman–Crippen MR) is 139 cm³/mol. The van der Waals surface area contributed by atoms with E-state index in [1.54, 1.807) is 12.3 Å². The van der Waals surface area contributed by atoms with Gasteiger partial charge >= 0.3 is 0 Å². The van der Waals surface area contributed by atoms with Gasteiger partial charge in [-0.05, 0) is 57.2 Å². The smallest absolute Gasteiger partial charge is 0.126 e. The first kappa shape index (κ1) is 23.5. The van der Waals surface area contributed by atoms with E-state index in [-0.39, 0.29) is 0 Å². The van der Waals surface area contributed by atoms with Crippen LogP contribution in [0.4, 0.5) is 5.69 Å². The van der Waals surface area contributed by atoms with Crippen LogP contribution in [0.15, 0.2) is 83.6 Å². The lowest BCUT2D eigenvalue weighted by atomic mass is 10.0. The van der Waals surface area contributed by atoms with E-state index in [0.29, 0.717) is 25.3 Å². The van der Waals surface area contributed by atoms with E-state index >= 15 is 0 Å². The minimum absolute atomic E-state index is 0.308. The SMILES string of the molecule is Cc1cc(CN)c(OCc2cncc(C#N)c2)cc1NCc1cccc(-c2ccccc2)c1Br. The Balaban J connectivity index is 1.53. The average molecular weight is 513 g/mol. The van der Waals surface area contributed by atoms with E-state index in [9.17, 15) is 0 Å². The summed E-state index contributed by atoms with van der Waals surface area (Å²) in [5, 5.41) is 12.6. The molecule has 4 rings (SSSR count). The highest BCUT2D eigenvalue weighted by Crippen LogP contribution is 2.33. The molecule has 0 saturated carbocycles. The largest absolute Gasteiger partial charge is 0.488 e. The van der Waals surface area contributed by atoms with Crippen molar-refractivity contribution < 1.29 is 4.74 Å². The molecular weight excluding hydrogens is 488 g/mol. The Morgan fingerprint density at radius 3 is 2.62 bits per heavy atom. The van der Waals surface area contributed by atoms with Gasteiger partial charge in [0.25, 0.3) is 0 Å². The molecule has 3 aromatic carbocycles. The molecule has 0 aliphatic rings. The topological polar surface area (TPSA) is 84.0 Å². The van der Waals surface area contributed by atoms with E-state index in [1.165, 1.54) is 11.8 Å². The standard InChI is InChI=1S/C28H25BrN4O/c1-19-10-24(14-31)27(34-18-21-11-20(13-30)15-32-16-21)12-26(19)33-17-23-8-5-9-25(28(23)29)22-6-3-2-4-7-22/h2-12,15-16,33H,14,17-18,31H2,1H3. The summed E-state index contributed by atoms with van der Waals surface area (Å²) in [6.45, 7) is 3.39. The van der Waals surface area contributed by atoms with E-state index in [2.05, 4.69) is 75.6 Å². The number of anilines is 1. The zero-order chi connectivity index (χ0) is 23.9. The highest BCUT2D eigenvalue weighted by molar-refractivity contribution is 9.10. The summed E-state index contributed by atoms with van der Waals surface area (Å²) in [6.07, 6.45) is 3.24. The van der Waals surface area contributed by atoms with Crippen molar-refractivity contribution in [3.63, 3.8) is 0 Å². The molecule has 0 fully saturated rings. The van der Waals surface area contributed by atoms with Gasteiger partial charge in [-0.3, -0.25) is 4.98 Å². The second-order valence-electron chi connectivity index (χ2n) is 7.96. The summed E-state index contributed by atoms with van der Waals surface area (Å²) in [5.41, 5.74) is 13.8. The van der Waals surface area contributed by atoms with Crippen LogP contribution in [0.5, 0.6) is 5.75 Å². The van der Waals surface area contributed by atoms with E-state index < -0.39 is 0 Å². The maximum atomic E-state index is 9.09. The zero-order valence-corrected chi connectivity index (χ0v) is 20.5. The predicted octanol–water partition coefficient (Wildman–Crippen LogP) is 6.34. The fourth-order valence-corrected chi connectivity index (χ4v) is 4.40. The number of nitrogens with two attached hydrogens (primary N) is 1. The first-order valence-corrected chi connectivity index (χ1v) is 11.8. The molecular formula is C28H25BrN4O. The maximum absolute atomic E-state index is 9.09. The van der Waals surface area contributed by atoms with Crippen LogP contribution < -0.4 is 15.8 Å². The van der Waals surface area contributed by atoms with Crippen LogP contribution in [0.2, 0.25) is 0 Å². The van der Waals surface area contributed by atoms with Crippen molar-refractivity contribution >= 4 is 21.6 Å². The highest BCUT2D eigenvalue weighted by atomic mass is 79.9. The first-order valence-electron chi connectivity index (χ1n) is 11.0. The number of ether oxygens (including phenoxy) is 1. The van der Waals surface area contributed by atoms with E-state index in [0.717, 1.165) is 43.7 Å². The number of pyridine rings is 1. The average Bonchev–Trinajstić information content (AvgIpc) is 2.88.